The summed E-state index contributed by atoms with van der Waals surface area (Å²) < 4.78 is 24.1. The van der Waals surface area contributed by atoms with Crippen LogP contribution in [-0.4, -0.2) is 19.4 Å². The van der Waals surface area contributed by atoms with Gasteiger partial charge >= 0.3 is 7.60 Å². The topological polar surface area (TPSA) is 35.5 Å². The van der Waals surface area contributed by atoms with Crippen molar-refractivity contribution in [2.75, 3.05) is 19.4 Å². The van der Waals surface area contributed by atoms with E-state index in [2.05, 4.69) is 27.7 Å². The van der Waals surface area contributed by atoms with Crippen LogP contribution in [0.5, 0.6) is 0 Å². The summed E-state index contributed by atoms with van der Waals surface area (Å²) in [6.07, 6.45) is 18.4. The molecule has 0 radical (unpaired) electrons. The minimum atomic E-state index is -2.87. The van der Waals surface area contributed by atoms with Crippen molar-refractivity contribution in [1.82, 2.24) is 0 Å². The van der Waals surface area contributed by atoms with Gasteiger partial charge in [0.15, 0.2) is 0 Å². The molecule has 0 heterocycles. The third kappa shape index (κ3) is 17.6. The number of unbranched alkanes of at least 4 members (excludes halogenated alkanes) is 12. The molecular weight excluding hydrogens is 343 g/mol. The molecule has 26 heavy (non-hydrogen) atoms. The van der Waals surface area contributed by atoms with Gasteiger partial charge in [-0.1, -0.05) is 105 Å². The summed E-state index contributed by atoms with van der Waals surface area (Å²) in [5.74, 6) is 0.389. The summed E-state index contributed by atoms with van der Waals surface area (Å²) in [6.45, 7) is 9.65. The molecule has 0 saturated heterocycles. The maximum atomic E-state index is 12.7. The van der Waals surface area contributed by atoms with E-state index in [4.69, 9.17) is 9.05 Å². The van der Waals surface area contributed by atoms with E-state index in [0.29, 0.717) is 25.3 Å². The smallest absolute Gasteiger partial charge is 0.309 e. The van der Waals surface area contributed by atoms with E-state index in [1.54, 1.807) is 0 Å². The van der Waals surface area contributed by atoms with Crippen LogP contribution >= 0.6 is 7.60 Å². The van der Waals surface area contributed by atoms with Gasteiger partial charge in [-0.15, -0.1) is 0 Å². The molecule has 0 aromatic carbocycles. The first-order valence-corrected chi connectivity index (χ1v) is 13.1. The summed E-state index contributed by atoms with van der Waals surface area (Å²) >= 11 is 0. The van der Waals surface area contributed by atoms with E-state index < -0.39 is 7.60 Å². The SMILES string of the molecule is CCCCCCCCCCCCCCOP(=O)(CCCC)OCC(C)C. The Morgan fingerprint density at radius 2 is 1.12 bits per heavy atom. The van der Waals surface area contributed by atoms with Gasteiger partial charge in [-0.05, 0) is 18.8 Å². The third-order valence-corrected chi connectivity index (χ3v) is 6.66. The normalized spacial score (nSPS) is 14.0. The fourth-order valence-electron chi connectivity index (χ4n) is 2.93. The number of rotatable bonds is 20. The quantitative estimate of drug-likeness (QED) is 0.155. The van der Waals surface area contributed by atoms with Gasteiger partial charge in [-0.25, -0.2) is 0 Å². The molecule has 0 spiro atoms. The average Bonchev–Trinajstić information content (AvgIpc) is 2.62. The van der Waals surface area contributed by atoms with Crippen LogP contribution in [0.15, 0.2) is 0 Å². The molecule has 158 valence electrons. The molecule has 0 fully saturated rings. The lowest BCUT2D eigenvalue weighted by Crippen LogP contribution is -2.06. The Morgan fingerprint density at radius 3 is 1.58 bits per heavy atom. The maximum Gasteiger partial charge on any atom is 0.330 e. The van der Waals surface area contributed by atoms with Crippen LogP contribution in [0.1, 0.15) is 118 Å². The van der Waals surface area contributed by atoms with Crippen LogP contribution in [0.2, 0.25) is 0 Å². The molecule has 0 aliphatic rings. The van der Waals surface area contributed by atoms with Gasteiger partial charge in [-0.3, -0.25) is 4.57 Å². The summed E-state index contributed by atoms with van der Waals surface area (Å²) in [5, 5.41) is 0. The van der Waals surface area contributed by atoms with E-state index in [0.717, 1.165) is 19.3 Å². The molecule has 3 nitrogen and oxygen atoms in total. The molecule has 0 N–H and O–H groups in total. The van der Waals surface area contributed by atoms with Crippen LogP contribution in [0.4, 0.5) is 0 Å². The van der Waals surface area contributed by atoms with Crippen molar-refractivity contribution in [2.45, 2.75) is 118 Å². The summed E-state index contributed by atoms with van der Waals surface area (Å²) in [4.78, 5) is 0. The second kappa shape index (κ2) is 18.5. The van der Waals surface area contributed by atoms with E-state index in [1.165, 1.54) is 70.6 Å². The molecule has 0 aromatic rings. The predicted molar refractivity (Wildman–Crippen MR) is 115 cm³/mol. The van der Waals surface area contributed by atoms with Gasteiger partial charge < -0.3 is 9.05 Å². The Bertz CT molecular complexity index is 331. The van der Waals surface area contributed by atoms with E-state index >= 15 is 0 Å². The number of hydrogen-bond donors (Lipinski definition) is 0. The molecule has 4 heteroatoms. The average molecular weight is 391 g/mol. The molecule has 0 aliphatic carbocycles. The van der Waals surface area contributed by atoms with Gasteiger partial charge in [-0.2, -0.15) is 0 Å². The maximum absolute atomic E-state index is 12.7. The number of hydrogen-bond acceptors (Lipinski definition) is 3. The first kappa shape index (κ1) is 26.1. The lowest BCUT2D eigenvalue weighted by atomic mass is 10.1. The minimum absolute atomic E-state index is 0.389. The zero-order valence-corrected chi connectivity index (χ0v) is 19.2. The monoisotopic (exact) mass is 390 g/mol. The van der Waals surface area contributed by atoms with Crippen molar-refractivity contribution in [1.29, 1.82) is 0 Å². The fraction of sp³-hybridized carbons (Fsp3) is 1.00. The molecule has 1 atom stereocenters. The molecular formula is C22H47O3P. The highest BCUT2D eigenvalue weighted by Gasteiger charge is 2.23. The lowest BCUT2D eigenvalue weighted by Gasteiger charge is -2.19. The summed E-state index contributed by atoms with van der Waals surface area (Å²) in [7, 11) is -2.87. The standard InChI is InChI=1S/C22H47O3P/c1-5-7-9-10-11-12-13-14-15-16-17-18-19-24-26(23,20-8-6-2)25-21-22(3)4/h22H,5-21H2,1-4H3. The molecule has 1 unspecified atom stereocenters. The van der Waals surface area contributed by atoms with Gasteiger partial charge in [0.25, 0.3) is 0 Å². The van der Waals surface area contributed by atoms with Gasteiger partial charge in [0.1, 0.15) is 0 Å². The van der Waals surface area contributed by atoms with Crippen molar-refractivity contribution in [3.63, 3.8) is 0 Å². The first-order chi connectivity index (χ1) is 12.5. The highest BCUT2D eigenvalue weighted by Crippen LogP contribution is 2.49. The Balaban J connectivity index is 3.58. The molecule has 0 bridgehead atoms. The Labute approximate surface area is 164 Å². The lowest BCUT2D eigenvalue weighted by molar-refractivity contribution is 0.184. The van der Waals surface area contributed by atoms with Crippen LogP contribution in [0, 0.1) is 5.92 Å². The molecule has 0 aromatic heterocycles. The second-order valence-corrected chi connectivity index (χ2v) is 10.3. The first-order valence-electron chi connectivity index (χ1n) is 11.4. The Morgan fingerprint density at radius 1 is 0.654 bits per heavy atom. The zero-order chi connectivity index (χ0) is 19.5. The fourth-order valence-corrected chi connectivity index (χ4v) is 4.90. The van der Waals surface area contributed by atoms with Crippen LogP contribution in [0.25, 0.3) is 0 Å². The molecule has 0 rings (SSSR count). The van der Waals surface area contributed by atoms with Crippen molar-refractivity contribution in [3.05, 3.63) is 0 Å². The van der Waals surface area contributed by atoms with Crippen molar-refractivity contribution < 1.29 is 13.6 Å². The summed E-state index contributed by atoms with van der Waals surface area (Å²) in [5.41, 5.74) is 0. The van der Waals surface area contributed by atoms with E-state index in [1.807, 2.05) is 0 Å². The van der Waals surface area contributed by atoms with Gasteiger partial charge in [0.2, 0.25) is 0 Å². The zero-order valence-electron chi connectivity index (χ0n) is 18.3. The molecule has 0 amide bonds. The third-order valence-electron chi connectivity index (χ3n) is 4.68. The van der Waals surface area contributed by atoms with Crippen molar-refractivity contribution in [2.24, 2.45) is 5.92 Å². The van der Waals surface area contributed by atoms with Crippen LogP contribution < -0.4 is 0 Å². The Hall–Kier alpha value is 0.150. The van der Waals surface area contributed by atoms with Crippen molar-refractivity contribution in [3.8, 4) is 0 Å². The highest BCUT2D eigenvalue weighted by atomic mass is 31.2. The Kier molecular flexibility index (Phi) is 18.6. The highest BCUT2D eigenvalue weighted by molar-refractivity contribution is 7.53. The van der Waals surface area contributed by atoms with Crippen molar-refractivity contribution >= 4 is 7.60 Å². The van der Waals surface area contributed by atoms with Crippen LogP contribution in [0.3, 0.4) is 0 Å². The van der Waals surface area contributed by atoms with Crippen LogP contribution in [-0.2, 0) is 13.6 Å². The van der Waals surface area contributed by atoms with Gasteiger partial charge in [0.05, 0.1) is 19.4 Å². The predicted octanol–water partition coefficient (Wildman–Crippen LogP) is 8.37. The second-order valence-electron chi connectivity index (χ2n) is 8.10. The summed E-state index contributed by atoms with van der Waals surface area (Å²) in [6, 6.07) is 0. The molecule has 0 saturated carbocycles. The minimum Gasteiger partial charge on any atom is -0.309 e. The largest absolute Gasteiger partial charge is 0.330 e. The molecule has 0 aliphatic heterocycles. The van der Waals surface area contributed by atoms with E-state index in [9.17, 15) is 4.57 Å². The van der Waals surface area contributed by atoms with Gasteiger partial charge in [0, 0.05) is 0 Å². The van der Waals surface area contributed by atoms with E-state index in [-0.39, 0.29) is 0 Å².